The van der Waals surface area contributed by atoms with Crippen molar-refractivity contribution in [1.82, 2.24) is 9.80 Å². The summed E-state index contributed by atoms with van der Waals surface area (Å²) in [7, 11) is 3.54. The Morgan fingerprint density at radius 3 is 2.71 bits per heavy atom. The molecule has 2 aliphatic heterocycles. The number of fused-ring (bicyclic) bond motifs is 3. The van der Waals surface area contributed by atoms with Crippen LogP contribution in [0.1, 0.15) is 86.2 Å². The van der Waals surface area contributed by atoms with Crippen molar-refractivity contribution in [3.8, 4) is 0 Å². The lowest BCUT2D eigenvalue weighted by Crippen LogP contribution is -2.53. The summed E-state index contributed by atoms with van der Waals surface area (Å²) < 4.78 is 25.5. The Hall–Kier alpha value is -3.01. The van der Waals surface area contributed by atoms with Gasteiger partial charge >= 0.3 is 5.97 Å². The number of aryl methyl sites for hydroxylation is 1. The molecule has 3 aliphatic rings. The van der Waals surface area contributed by atoms with E-state index in [0.29, 0.717) is 61.5 Å². The number of carbonyl (C=O) groups excluding carboxylic acids is 3. The number of carbonyl (C=O) groups is 3. The number of anilines is 1. The van der Waals surface area contributed by atoms with Gasteiger partial charge in [-0.25, -0.2) is 9.18 Å². The first-order valence-electron chi connectivity index (χ1n) is 16.1. The highest BCUT2D eigenvalue weighted by Crippen LogP contribution is 2.48. The molecule has 0 spiro atoms. The van der Waals surface area contributed by atoms with E-state index in [2.05, 4.69) is 31.1 Å². The van der Waals surface area contributed by atoms with Crippen molar-refractivity contribution in [3.63, 3.8) is 0 Å². The Balaban J connectivity index is 1.24. The van der Waals surface area contributed by atoms with Gasteiger partial charge in [0.15, 0.2) is 0 Å². The Bertz CT molecular complexity index is 1440. The van der Waals surface area contributed by atoms with Crippen LogP contribution < -0.4 is 5.32 Å². The van der Waals surface area contributed by atoms with Crippen molar-refractivity contribution in [2.24, 2.45) is 5.92 Å². The first kappa shape index (κ1) is 33.4. The summed E-state index contributed by atoms with van der Waals surface area (Å²) in [6.45, 7) is 6.15. The fourth-order valence-electron chi connectivity index (χ4n) is 7.96. The third-order valence-corrected chi connectivity index (χ3v) is 10.3. The molecule has 0 unspecified atom stereocenters. The molecule has 1 saturated heterocycles. The first-order chi connectivity index (χ1) is 21.5. The lowest BCUT2D eigenvalue weighted by Gasteiger charge is -2.47. The highest BCUT2D eigenvalue weighted by Gasteiger charge is 2.52. The van der Waals surface area contributed by atoms with E-state index in [1.165, 1.54) is 13.2 Å². The van der Waals surface area contributed by atoms with E-state index >= 15 is 0 Å². The maximum atomic E-state index is 14.1. The molecule has 0 radical (unpaired) electrons. The van der Waals surface area contributed by atoms with Gasteiger partial charge in [0.2, 0.25) is 5.91 Å². The largest absolute Gasteiger partial charge is 0.457 e. The summed E-state index contributed by atoms with van der Waals surface area (Å²) in [4.78, 5) is 43.9. The summed E-state index contributed by atoms with van der Waals surface area (Å²) in [6, 6.07) is 10.1. The molecule has 1 N–H and O–H groups in total. The van der Waals surface area contributed by atoms with E-state index in [1.807, 2.05) is 6.07 Å². The zero-order valence-electron chi connectivity index (χ0n) is 26.8. The maximum Gasteiger partial charge on any atom is 0.332 e. The molecule has 0 saturated carbocycles. The SMILES string of the molecule is COCC(=O)O[C@]1(CCN(C)CCCC[C@@]23CCCN2C(=O)c2c(Cl)cccc2NC3=O)CCc2cc(F)ccc2[C@@H]1C(C)C. The van der Waals surface area contributed by atoms with Crippen molar-refractivity contribution < 1.29 is 28.2 Å². The van der Waals surface area contributed by atoms with Crippen LogP contribution in [0.5, 0.6) is 0 Å². The van der Waals surface area contributed by atoms with Crippen LogP contribution in [0.25, 0.3) is 0 Å². The molecule has 0 aromatic heterocycles. The van der Waals surface area contributed by atoms with Crippen LogP contribution in [0, 0.1) is 11.7 Å². The Labute approximate surface area is 270 Å². The second-order valence-electron chi connectivity index (χ2n) is 13.3. The number of nitrogens with one attached hydrogen (secondary N) is 1. The van der Waals surface area contributed by atoms with Crippen molar-refractivity contribution in [2.45, 2.75) is 82.3 Å². The fourth-order valence-corrected chi connectivity index (χ4v) is 8.22. The molecule has 2 aromatic carbocycles. The van der Waals surface area contributed by atoms with Gasteiger partial charge in [-0.1, -0.05) is 37.6 Å². The van der Waals surface area contributed by atoms with Gasteiger partial charge in [-0.05, 0) is 99.8 Å². The number of nitrogens with zero attached hydrogens (tertiary/aromatic N) is 2. The van der Waals surface area contributed by atoms with E-state index in [4.69, 9.17) is 21.1 Å². The van der Waals surface area contributed by atoms with Gasteiger partial charge in [0.05, 0.1) is 16.3 Å². The molecule has 3 atom stereocenters. The summed E-state index contributed by atoms with van der Waals surface area (Å²) in [5.74, 6) is -0.880. The van der Waals surface area contributed by atoms with E-state index in [0.717, 1.165) is 36.9 Å². The normalized spacial score (nSPS) is 24.3. The standard InChI is InChI=1S/C35H45ClFN3O5/c1-23(2)31-26-12-11-25(37)21-24(26)13-16-35(31,45-29(41)22-44-4)17-20-39(3)18-6-5-14-34-15-8-19-40(34)32(42)30-27(36)9-7-10-28(30)38-33(34)43/h7,9-12,21,23,31H,5-6,8,13-20,22H2,1-4H3,(H,38,43)/t31-,34-,35-/m0/s1. The lowest BCUT2D eigenvalue weighted by atomic mass is 9.65. The van der Waals surface area contributed by atoms with Crippen molar-refractivity contribution >= 4 is 35.1 Å². The van der Waals surface area contributed by atoms with E-state index in [9.17, 15) is 18.8 Å². The van der Waals surface area contributed by atoms with Crippen LogP contribution in [0.4, 0.5) is 10.1 Å². The van der Waals surface area contributed by atoms with Gasteiger partial charge in [-0.15, -0.1) is 0 Å². The zero-order chi connectivity index (χ0) is 32.4. The highest BCUT2D eigenvalue weighted by atomic mass is 35.5. The molecule has 2 heterocycles. The summed E-state index contributed by atoms with van der Waals surface area (Å²) >= 11 is 6.40. The Morgan fingerprint density at radius 1 is 1.16 bits per heavy atom. The summed E-state index contributed by atoms with van der Waals surface area (Å²) in [5, 5.41) is 3.35. The number of ether oxygens (including phenoxy) is 2. The van der Waals surface area contributed by atoms with Gasteiger partial charge in [-0.2, -0.15) is 0 Å². The van der Waals surface area contributed by atoms with Gasteiger partial charge < -0.3 is 24.6 Å². The highest BCUT2D eigenvalue weighted by molar-refractivity contribution is 6.35. The number of halogens is 2. The maximum absolute atomic E-state index is 14.1. The summed E-state index contributed by atoms with van der Waals surface area (Å²) in [6.07, 6.45) is 5.47. The van der Waals surface area contributed by atoms with Crippen LogP contribution >= 0.6 is 11.6 Å². The minimum absolute atomic E-state index is 0.0765. The third kappa shape index (κ3) is 6.62. The monoisotopic (exact) mass is 641 g/mol. The molecule has 2 amide bonds. The minimum Gasteiger partial charge on any atom is -0.457 e. The van der Waals surface area contributed by atoms with Gasteiger partial charge in [0.25, 0.3) is 5.91 Å². The first-order valence-corrected chi connectivity index (χ1v) is 16.5. The minimum atomic E-state index is -0.878. The molecule has 244 valence electrons. The summed E-state index contributed by atoms with van der Waals surface area (Å²) in [5.41, 5.74) is 1.25. The lowest BCUT2D eigenvalue weighted by molar-refractivity contribution is -0.172. The number of benzene rings is 2. The molecule has 10 heteroatoms. The Morgan fingerprint density at radius 2 is 1.96 bits per heavy atom. The molecule has 8 nitrogen and oxygen atoms in total. The van der Waals surface area contributed by atoms with Crippen LogP contribution in [-0.2, 0) is 25.5 Å². The number of esters is 1. The van der Waals surface area contributed by atoms with Crippen LogP contribution in [0.2, 0.25) is 5.02 Å². The molecule has 2 aromatic rings. The van der Waals surface area contributed by atoms with Crippen molar-refractivity contribution in [3.05, 3.63) is 63.9 Å². The van der Waals surface area contributed by atoms with Crippen molar-refractivity contribution in [2.75, 3.05) is 45.7 Å². The predicted molar refractivity (Wildman–Crippen MR) is 172 cm³/mol. The zero-order valence-corrected chi connectivity index (χ0v) is 27.6. The third-order valence-electron chi connectivity index (χ3n) is 10.00. The number of methoxy groups -OCH3 is 1. The van der Waals surface area contributed by atoms with E-state index in [1.54, 1.807) is 29.2 Å². The van der Waals surface area contributed by atoms with Crippen LogP contribution in [0.15, 0.2) is 36.4 Å². The van der Waals surface area contributed by atoms with Gasteiger partial charge in [0.1, 0.15) is 23.6 Å². The van der Waals surface area contributed by atoms with Crippen LogP contribution in [-0.4, -0.2) is 79.1 Å². The van der Waals surface area contributed by atoms with E-state index < -0.39 is 17.1 Å². The molecule has 45 heavy (non-hydrogen) atoms. The number of unbranched alkanes of at least 4 members (excludes halogenated alkanes) is 1. The fraction of sp³-hybridized carbons (Fsp3) is 0.571. The molecular weight excluding hydrogens is 597 g/mol. The topological polar surface area (TPSA) is 88.2 Å². The number of hydrogen-bond donors (Lipinski definition) is 1. The number of rotatable bonds is 12. The number of amides is 2. The second-order valence-corrected chi connectivity index (χ2v) is 13.7. The van der Waals surface area contributed by atoms with E-state index in [-0.39, 0.29) is 36.1 Å². The molecule has 0 bridgehead atoms. The predicted octanol–water partition coefficient (Wildman–Crippen LogP) is 6.21. The van der Waals surface area contributed by atoms with Crippen molar-refractivity contribution in [1.29, 1.82) is 0 Å². The van der Waals surface area contributed by atoms with Gasteiger partial charge in [-0.3, -0.25) is 9.59 Å². The average molecular weight is 642 g/mol. The molecule has 1 aliphatic carbocycles. The van der Waals surface area contributed by atoms with Gasteiger partial charge in [0, 0.05) is 32.5 Å². The smallest absolute Gasteiger partial charge is 0.332 e. The van der Waals surface area contributed by atoms with Crippen LogP contribution in [0.3, 0.4) is 0 Å². The quantitative estimate of drug-likeness (QED) is 0.219. The molecule has 1 fully saturated rings. The second kappa shape index (κ2) is 13.8. The number of hydrogen-bond acceptors (Lipinski definition) is 6. The average Bonchev–Trinajstić information content (AvgIpc) is 3.40. The Kier molecular flexibility index (Phi) is 10.2. The molecule has 5 rings (SSSR count). The molecular formula is C35H45ClFN3O5.